The Balaban J connectivity index is 1.46. The van der Waals surface area contributed by atoms with Gasteiger partial charge in [-0.05, 0) is 58.8 Å². The lowest BCUT2D eigenvalue weighted by Crippen LogP contribution is -2.41. The molecule has 0 aromatic heterocycles. The number of hydrogen-bond donors (Lipinski definition) is 0. The Bertz CT molecular complexity index is 639. The van der Waals surface area contributed by atoms with Gasteiger partial charge in [0.2, 0.25) is 0 Å². The third-order valence-electron chi connectivity index (χ3n) is 6.38. The highest BCUT2D eigenvalue weighted by Crippen LogP contribution is 2.38. The van der Waals surface area contributed by atoms with E-state index >= 15 is 0 Å². The van der Waals surface area contributed by atoms with Gasteiger partial charge in [-0.1, -0.05) is 24.3 Å². The molecule has 3 aliphatic heterocycles. The van der Waals surface area contributed by atoms with Gasteiger partial charge in [0.05, 0.1) is 23.4 Å². The van der Waals surface area contributed by atoms with E-state index in [1.54, 1.807) is 0 Å². The average Bonchev–Trinajstić information content (AvgIpc) is 3.01. The second-order valence-corrected chi connectivity index (χ2v) is 8.70. The van der Waals surface area contributed by atoms with E-state index in [4.69, 9.17) is 14.0 Å². The van der Waals surface area contributed by atoms with Crippen molar-refractivity contribution in [2.45, 2.75) is 76.8 Å². The Morgan fingerprint density at radius 3 is 2.00 bits per heavy atom. The van der Waals surface area contributed by atoms with Crippen molar-refractivity contribution in [1.29, 1.82) is 0 Å². The normalized spacial score (nSPS) is 32.8. The van der Waals surface area contributed by atoms with E-state index in [0.29, 0.717) is 0 Å². The molecule has 3 heterocycles. The van der Waals surface area contributed by atoms with Crippen LogP contribution in [0.15, 0.2) is 24.3 Å². The predicted octanol–water partition coefficient (Wildman–Crippen LogP) is 3.13. The van der Waals surface area contributed by atoms with Crippen LogP contribution in [-0.4, -0.2) is 36.3 Å². The molecule has 2 unspecified atom stereocenters. The lowest BCUT2D eigenvalue weighted by molar-refractivity contribution is -0.0149. The molecule has 4 rings (SSSR count). The summed E-state index contributed by atoms with van der Waals surface area (Å²) in [6.45, 7) is 8.18. The number of ether oxygens (including phenoxy) is 1. The van der Waals surface area contributed by atoms with Gasteiger partial charge in [0, 0.05) is 11.5 Å². The first-order chi connectivity index (χ1) is 11.7. The highest BCUT2D eigenvalue weighted by Gasteiger charge is 2.51. The van der Waals surface area contributed by atoms with Gasteiger partial charge >= 0.3 is 7.12 Å². The molecule has 2 atom stereocenters. The number of ketones is 1. The van der Waals surface area contributed by atoms with Gasteiger partial charge in [0.25, 0.3) is 0 Å². The summed E-state index contributed by atoms with van der Waals surface area (Å²) in [5.74, 6) is 0.356. The number of benzene rings is 1. The van der Waals surface area contributed by atoms with Crippen LogP contribution in [0, 0.1) is 5.92 Å². The summed E-state index contributed by atoms with van der Waals surface area (Å²) < 4.78 is 18.0. The fourth-order valence-corrected chi connectivity index (χ4v) is 4.09. The number of fused-ring (bicyclic) bond motifs is 2. The molecule has 3 fully saturated rings. The monoisotopic (exact) mass is 342 g/mol. The molecule has 0 radical (unpaired) electrons. The highest BCUT2D eigenvalue weighted by molar-refractivity contribution is 6.62. The lowest BCUT2D eigenvalue weighted by Gasteiger charge is -2.32. The zero-order valence-corrected chi connectivity index (χ0v) is 15.6. The molecule has 2 bridgehead atoms. The van der Waals surface area contributed by atoms with Gasteiger partial charge in [-0.3, -0.25) is 4.79 Å². The summed E-state index contributed by atoms with van der Waals surface area (Å²) in [5, 5.41) is 0. The van der Waals surface area contributed by atoms with Gasteiger partial charge < -0.3 is 14.0 Å². The summed E-state index contributed by atoms with van der Waals surface area (Å²) >= 11 is 0. The maximum absolute atomic E-state index is 12.8. The summed E-state index contributed by atoms with van der Waals surface area (Å²) in [4.78, 5) is 12.8. The van der Waals surface area contributed by atoms with Crippen molar-refractivity contribution in [1.82, 2.24) is 0 Å². The van der Waals surface area contributed by atoms with Gasteiger partial charge in [-0.15, -0.1) is 0 Å². The van der Waals surface area contributed by atoms with Gasteiger partial charge in [-0.25, -0.2) is 0 Å². The van der Waals surface area contributed by atoms with E-state index in [9.17, 15) is 4.79 Å². The molecule has 3 saturated heterocycles. The van der Waals surface area contributed by atoms with E-state index in [1.165, 1.54) is 0 Å². The van der Waals surface area contributed by atoms with E-state index in [1.807, 2.05) is 52.0 Å². The Morgan fingerprint density at radius 2 is 1.48 bits per heavy atom. The minimum Gasteiger partial charge on any atom is -0.399 e. The number of Topliss-reactive ketones (excluding diaryl/α,β-unsaturated/α-hetero) is 1. The quantitative estimate of drug-likeness (QED) is 0.625. The van der Waals surface area contributed by atoms with Crippen molar-refractivity contribution in [3.8, 4) is 0 Å². The zero-order chi connectivity index (χ0) is 17.8. The molecule has 0 saturated carbocycles. The predicted molar refractivity (Wildman–Crippen MR) is 97.1 cm³/mol. The van der Waals surface area contributed by atoms with E-state index in [2.05, 4.69) is 0 Å². The van der Waals surface area contributed by atoms with Gasteiger partial charge in [0.15, 0.2) is 5.78 Å². The van der Waals surface area contributed by atoms with Crippen LogP contribution in [0.5, 0.6) is 0 Å². The molecule has 3 aliphatic rings. The van der Waals surface area contributed by atoms with Crippen LogP contribution < -0.4 is 5.46 Å². The number of carbonyl (C=O) groups excluding carboxylic acids is 1. The number of carbonyl (C=O) groups is 1. The molecular weight excluding hydrogens is 315 g/mol. The molecule has 25 heavy (non-hydrogen) atoms. The topological polar surface area (TPSA) is 44.8 Å². The Hall–Kier alpha value is -1.17. The molecule has 0 N–H and O–H groups in total. The molecule has 0 aliphatic carbocycles. The van der Waals surface area contributed by atoms with E-state index < -0.39 is 0 Å². The molecule has 5 heteroatoms. The number of hydrogen-bond acceptors (Lipinski definition) is 4. The largest absolute Gasteiger partial charge is 0.494 e. The summed E-state index contributed by atoms with van der Waals surface area (Å²) in [7, 11) is -0.381. The first kappa shape index (κ1) is 17.3. The molecule has 0 spiro atoms. The van der Waals surface area contributed by atoms with Crippen LogP contribution in [0.2, 0.25) is 0 Å². The highest BCUT2D eigenvalue weighted by atomic mass is 16.7. The maximum atomic E-state index is 12.8. The van der Waals surface area contributed by atoms with E-state index in [0.717, 1.165) is 36.7 Å². The minimum absolute atomic E-state index is 0.106. The standard InChI is InChI=1S/C20H27BO4/c1-19(2)20(3,4)25-21(24-19)15-7-5-13(6-8-15)18(22)14-11-16-9-10-17(12-14)23-16/h5-8,14,16-17H,9-12H2,1-4H3. The van der Waals surface area contributed by atoms with Crippen molar-refractivity contribution in [2.75, 3.05) is 0 Å². The van der Waals surface area contributed by atoms with Crippen LogP contribution in [0.25, 0.3) is 0 Å². The SMILES string of the molecule is CC1(C)OB(c2ccc(C(=O)C3CC4CCC(C3)O4)cc2)OC1(C)C. The van der Waals surface area contributed by atoms with Gasteiger partial charge in [0.1, 0.15) is 0 Å². The smallest absolute Gasteiger partial charge is 0.399 e. The van der Waals surface area contributed by atoms with Gasteiger partial charge in [-0.2, -0.15) is 0 Å². The van der Waals surface area contributed by atoms with Crippen LogP contribution in [0.1, 0.15) is 63.7 Å². The number of rotatable bonds is 3. The average molecular weight is 342 g/mol. The molecule has 1 aromatic carbocycles. The fourth-order valence-electron chi connectivity index (χ4n) is 4.09. The van der Waals surface area contributed by atoms with E-state index in [-0.39, 0.29) is 42.2 Å². The second kappa shape index (κ2) is 5.93. The molecule has 134 valence electrons. The Labute approximate surface area is 150 Å². The molecular formula is C20H27BO4. The zero-order valence-electron chi connectivity index (χ0n) is 15.6. The maximum Gasteiger partial charge on any atom is 0.494 e. The first-order valence-electron chi connectivity index (χ1n) is 9.40. The fraction of sp³-hybridized carbons (Fsp3) is 0.650. The first-order valence-corrected chi connectivity index (χ1v) is 9.40. The van der Waals surface area contributed by atoms with Crippen LogP contribution in [0.4, 0.5) is 0 Å². The van der Waals surface area contributed by atoms with Crippen molar-refractivity contribution in [3.63, 3.8) is 0 Å². The summed E-state index contributed by atoms with van der Waals surface area (Å²) in [6.07, 6.45) is 4.53. The van der Waals surface area contributed by atoms with Crippen molar-refractivity contribution in [2.24, 2.45) is 5.92 Å². The molecule has 0 amide bonds. The molecule has 4 nitrogen and oxygen atoms in total. The summed E-state index contributed by atoms with van der Waals surface area (Å²) in [5.41, 5.74) is 1.04. The molecule has 1 aromatic rings. The van der Waals surface area contributed by atoms with Crippen LogP contribution in [-0.2, 0) is 14.0 Å². The van der Waals surface area contributed by atoms with Crippen LogP contribution in [0.3, 0.4) is 0 Å². The van der Waals surface area contributed by atoms with Crippen molar-refractivity contribution >= 4 is 18.4 Å². The minimum atomic E-state index is -0.381. The van der Waals surface area contributed by atoms with Crippen molar-refractivity contribution < 1.29 is 18.8 Å². The summed E-state index contributed by atoms with van der Waals surface area (Å²) in [6, 6.07) is 7.76. The third kappa shape index (κ3) is 3.07. The lowest BCUT2D eigenvalue weighted by atomic mass is 9.78. The Kier molecular flexibility index (Phi) is 4.10. The van der Waals surface area contributed by atoms with Crippen LogP contribution >= 0.6 is 0 Å². The second-order valence-electron chi connectivity index (χ2n) is 8.70. The Morgan fingerprint density at radius 1 is 0.960 bits per heavy atom. The third-order valence-corrected chi connectivity index (χ3v) is 6.38. The van der Waals surface area contributed by atoms with Crippen molar-refractivity contribution in [3.05, 3.63) is 29.8 Å².